The molecule has 92 valence electrons. The Hall–Kier alpha value is -2.32. The Balaban J connectivity index is 2.17. The molecule has 5 heteroatoms. The van der Waals surface area contributed by atoms with E-state index in [4.69, 9.17) is 10.4 Å². The molecule has 1 aromatic heterocycles. The number of rotatable bonds is 5. The number of para-hydroxylation sites is 1. The van der Waals surface area contributed by atoms with Gasteiger partial charge < -0.3 is 10.1 Å². The first-order valence-electron chi connectivity index (χ1n) is 5.63. The highest BCUT2D eigenvalue weighted by molar-refractivity contribution is 5.83. The number of aliphatic carboxylic acids is 1. The van der Waals surface area contributed by atoms with E-state index in [2.05, 4.69) is 16.4 Å². The largest absolute Gasteiger partial charge is 0.481 e. The lowest BCUT2D eigenvalue weighted by atomic mass is 10.1. The highest BCUT2D eigenvalue weighted by atomic mass is 16.4. The van der Waals surface area contributed by atoms with Crippen molar-refractivity contribution in [3.8, 4) is 6.07 Å². The molecule has 0 saturated heterocycles. The van der Waals surface area contributed by atoms with Crippen LogP contribution in [0.1, 0.15) is 18.0 Å². The van der Waals surface area contributed by atoms with Gasteiger partial charge in [0.15, 0.2) is 0 Å². The molecule has 0 spiro atoms. The van der Waals surface area contributed by atoms with Crippen molar-refractivity contribution in [3.63, 3.8) is 0 Å². The van der Waals surface area contributed by atoms with Crippen LogP contribution in [0.5, 0.6) is 0 Å². The highest BCUT2D eigenvalue weighted by Gasteiger charge is 2.14. The number of H-pyrrole nitrogens is 1. The van der Waals surface area contributed by atoms with E-state index in [0.717, 1.165) is 16.5 Å². The van der Waals surface area contributed by atoms with Crippen molar-refractivity contribution in [3.05, 3.63) is 36.0 Å². The third-order valence-corrected chi connectivity index (χ3v) is 2.75. The summed E-state index contributed by atoms with van der Waals surface area (Å²) < 4.78 is 0. The second-order valence-corrected chi connectivity index (χ2v) is 3.95. The van der Waals surface area contributed by atoms with Crippen LogP contribution in [-0.2, 0) is 4.79 Å². The van der Waals surface area contributed by atoms with E-state index < -0.39 is 12.0 Å². The molecule has 0 fully saturated rings. The number of nitrogens with zero attached hydrogens (tertiary/aromatic N) is 1. The number of carbonyl (C=O) groups is 1. The van der Waals surface area contributed by atoms with Crippen molar-refractivity contribution in [2.45, 2.75) is 12.5 Å². The normalized spacial score (nSPS) is 12.2. The average molecular weight is 243 g/mol. The fourth-order valence-electron chi connectivity index (χ4n) is 1.88. The molecule has 1 atom stereocenters. The molecule has 5 nitrogen and oxygen atoms in total. The number of carboxylic acid groups (broad SMARTS) is 1. The van der Waals surface area contributed by atoms with Gasteiger partial charge in [-0.2, -0.15) is 5.26 Å². The molecule has 0 bridgehead atoms. The second kappa shape index (κ2) is 5.34. The molecule has 0 saturated carbocycles. The van der Waals surface area contributed by atoms with Gasteiger partial charge in [-0.3, -0.25) is 10.1 Å². The summed E-state index contributed by atoms with van der Waals surface area (Å²) in [5, 5.41) is 21.6. The molecular formula is C13H13N3O2. The fraction of sp³-hybridized carbons (Fsp3) is 0.231. The maximum absolute atomic E-state index is 10.4. The molecule has 3 N–H and O–H groups in total. The van der Waals surface area contributed by atoms with Gasteiger partial charge in [0, 0.05) is 29.2 Å². The first kappa shape index (κ1) is 12.1. The predicted molar refractivity (Wildman–Crippen MR) is 66.9 cm³/mol. The van der Waals surface area contributed by atoms with Crippen molar-refractivity contribution in [2.24, 2.45) is 0 Å². The lowest BCUT2D eigenvalue weighted by Crippen LogP contribution is -2.22. The molecule has 0 aliphatic rings. The van der Waals surface area contributed by atoms with Crippen LogP contribution in [0.3, 0.4) is 0 Å². The lowest BCUT2D eigenvalue weighted by Gasteiger charge is -2.09. The Morgan fingerprint density at radius 1 is 1.50 bits per heavy atom. The van der Waals surface area contributed by atoms with Crippen molar-refractivity contribution in [1.29, 1.82) is 5.26 Å². The maximum Gasteiger partial charge on any atom is 0.304 e. The zero-order valence-electron chi connectivity index (χ0n) is 9.68. The molecule has 1 unspecified atom stereocenters. The van der Waals surface area contributed by atoms with Gasteiger partial charge in [-0.1, -0.05) is 18.2 Å². The van der Waals surface area contributed by atoms with Crippen molar-refractivity contribution >= 4 is 16.9 Å². The van der Waals surface area contributed by atoms with Crippen LogP contribution < -0.4 is 5.32 Å². The summed E-state index contributed by atoms with van der Waals surface area (Å²) in [7, 11) is 0. The van der Waals surface area contributed by atoms with E-state index in [1.165, 1.54) is 0 Å². The number of hydrogen-bond acceptors (Lipinski definition) is 3. The standard InChI is InChI=1S/C13H13N3O2/c14-7-12(15-6-5-13(17)18)10-8-16-11-4-2-1-3-9(10)11/h1-4,8,12,15-16H,5-6H2,(H,17,18). The Morgan fingerprint density at radius 2 is 2.28 bits per heavy atom. The summed E-state index contributed by atoms with van der Waals surface area (Å²) in [5.74, 6) is -0.877. The Kier molecular flexibility index (Phi) is 3.60. The van der Waals surface area contributed by atoms with Gasteiger partial charge >= 0.3 is 5.97 Å². The predicted octanol–water partition coefficient (Wildman–Crippen LogP) is 1.80. The summed E-state index contributed by atoms with van der Waals surface area (Å²) in [6.07, 6.45) is 1.78. The molecule has 0 radical (unpaired) electrons. The van der Waals surface area contributed by atoms with Gasteiger partial charge in [0.25, 0.3) is 0 Å². The number of nitrogens with one attached hydrogen (secondary N) is 2. The van der Waals surface area contributed by atoms with Gasteiger partial charge in [-0.25, -0.2) is 0 Å². The number of fused-ring (bicyclic) bond motifs is 1. The van der Waals surface area contributed by atoms with Crippen LogP contribution in [0.4, 0.5) is 0 Å². The molecule has 1 aromatic carbocycles. The minimum absolute atomic E-state index is 0.000531. The third-order valence-electron chi connectivity index (χ3n) is 2.75. The van der Waals surface area contributed by atoms with E-state index in [0.29, 0.717) is 0 Å². The summed E-state index contributed by atoms with van der Waals surface area (Å²) in [4.78, 5) is 13.5. The number of aromatic nitrogens is 1. The second-order valence-electron chi connectivity index (χ2n) is 3.95. The van der Waals surface area contributed by atoms with Crippen molar-refractivity contribution in [1.82, 2.24) is 10.3 Å². The monoisotopic (exact) mass is 243 g/mol. The smallest absolute Gasteiger partial charge is 0.304 e. The van der Waals surface area contributed by atoms with E-state index in [1.54, 1.807) is 6.20 Å². The van der Waals surface area contributed by atoms with Gasteiger partial charge in [-0.05, 0) is 6.07 Å². The van der Waals surface area contributed by atoms with Crippen molar-refractivity contribution < 1.29 is 9.90 Å². The number of benzene rings is 1. The molecule has 0 amide bonds. The zero-order valence-corrected chi connectivity index (χ0v) is 9.68. The highest BCUT2D eigenvalue weighted by Crippen LogP contribution is 2.23. The molecular weight excluding hydrogens is 230 g/mol. The van der Waals surface area contributed by atoms with Crippen LogP contribution in [0.15, 0.2) is 30.5 Å². The van der Waals surface area contributed by atoms with E-state index in [1.807, 2.05) is 24.3 Å². The quantitative estimate of drug-likeness (QED) is 0.747. The number of carboxylic acids is 1. The zero-order chi connectivity index (χ0) is 13.0. The number of nitriles is 1. The van der Waals surface area contributed by atoms with E-state index in [9.17, 15) is 4.79 Å². The van der Waals surface area contributed by atoms with E-state index >= 15 is 0 Å². The summed E-state index contributed by atoms with van der Waals surface area (Å²) in [5.41, 5.74) is 1.81. The van der Waals surface area contributed by atoms with E-state index in [-0.39, 0.29) is 13.0 Å². The molecule has 0 aliphatic carbocycles. The molecule has 2 aromatic rings. The Morgan fingerprint density at radius 3 is 3.00 bits per heavy atom. The minimum atomic E-state index is -0.877. The van der Waals surface area contributed by atoms with Crippen LogP contribution in [0.25, 0.3) is 10.9 Å². The van der Waals surface area contributed by atoms with Crippen LogP contribution in [0.2, 0.25) is 0 Å². The number of hydrogen-bond donors (Lipinski definition) is 3. The fourth-order valence-corrected chi connectivity index (χ4v) is 1.88. The average Bonchev–Trinajstić information content (AvgIpc) is 2.78. The minimum Gasteiger partial charge on any atom is -0.481 e. The van der Waals surface area contributed by atoms with Gasteiger partial charge in [0.05, 0.1) is 12.5 Å². The Bertz CT molecular complexity index is 598. The molecule has 2 rings (SSSR count). The lowest BCUT2D eigenvalue weighted by molar-refractivity contribution is -0.136. The number of aromatic amines is 1. The third kappa shape index (κ3) is 2.50. The van der Waals surface area contributed by atoms with Crippen LogP contribution in [0, 0.1) is 11.3 Å². The maximum atomic E-state index is 10.4. The van der Waals surface area contributed by atoms with Gasteiger partial charge in [-0.15, -0.1) is 0 Å². The molecule has 1 heterocycles. The van der Waals surface area contributed by atoms with Gasteiger partial charge in [0.1, 0.15) is 6.04 Å². The first-order valence-corrected chi connectivity index (χ1v) is 5.63. The van der Waals surface area contributed by atoms with Gasteiger partial charge in [0.2, 0.25) is 0 Å². The molecule has 18 heavy (non-hydrogen) atoms. The van der Waals surface area contributed by atoms with Crippen LogP contribution in [-0.4, -0.2) is 22.6 Å². The first-order chi connectivity index (χ1) is 8.72. The molecule has 0 aliphatic heterocycles. The topological polar surface area (TPSA) is 88.9 Å². The summed E-state index contributed by atoms with van der Waals surface area (Å²) in [6.45, 7) is 0.271. The Labute approximate surface area is 104 Å². The SMILES string of the molecule is N#CC(NCCC(=O)O)c1c[nH]c2ccccc12. The summed E-state index contributed by atoms with van der Waals surface area (Å²) in [6, 6.07) is 9.34. The van der Waals surface area contributed by atoms with Crippen molar-refractivity contribution in [2.75, 3.05) is 6.54 Å². The summed E-state index contributed by atoms with van der Waals surface area (Å²) >= 11 is 0. The van der Waals surface area contributed by atoms with Crippen LogP contribution >= 0.6 is 0 Å².